The standard InChI is InChI=1S/C28H41N3O3S/c1-6-29-35(33)26-13-12-21(14-24(26)28(3,4)5)25-15-23(27(32)30-22-17-34-18-22)19(2)31(25)16-20-10-8-7-9-11-20/h12-15,20,22,29H,6-11,16-18H2,1-5H3,(H,30,32). The summed E-state index contributed by atoms with van der Waals surface area (Å²) < 4.78 is 23.6. The third-order valence-electron chi connectivity index (χ3n) is 7.31. The lowest BCUT2D eigenvalue weighted by Crippen LogP contribution is -2.48. The SMILES string of the molecule is CCNS(=O)c1ccc(-c2cc(C(=O)NC3COC3)c(C)n2CC2CCCCC2)cc1C(C)(C)C. The Bertz CT molecular complexity index is 1080. The van der Waals surface area contributed by atoms with Crippen LogP contribution in [-0.2, 0) is 27.7 Å². The molecule has 2 heterocycles. The highest BCUT2D eigenvalue weighted by atomic mass is 32.2. The van der Waals surface area contributed by atoms with E-state index < -0.39 is 11.0 Å². The summed E-state index contributed by atoms with van der Waals surface area (Å²) in [7, 11) is -1.26. The molecule has 192 valence electrons. The molecule has 0 bridgehead atoms. The Morgan fingerprint density at radius 1 is 1.14 bits per heavy atom. The van der Waals surface area contributed by atoms with Gasteiger partial charge in [-0.3, -0.25) is 4.79 Å². The van der Waals surface area contributed by atoms with E-state index in [1.165, 1.54) is 32.1 Å². The lowest BCUT2D eigenvalue weighted by atomic mass is 9.85. The van der Waals surface area contributed by atoms with Crippen molar-refractivity contribution in [2.45, 2.75) is 89.6 Å². The molecule has 1 aromatic carbocycles. The molecule has 2 aromatic rings. The van der Waals surface area contributed by atoms with Gasteiger partial charge >= 0.3 is 0 Å². The van der Waals surface area contributed by atoms with Gasteiger partial charge in [-0.25, -0.2) is 8.93 Å². The van der Waals surface area contributed by atoms with Crippen molar-refractivity contribution in [1.82, 2.24) is 14.6 Å². The van der Waals surface area contributed by atoms with Crippen LogP contribution in [-0.4, -0.2) is 40.5 Å². The lowest BCUT2D eigenvalue weighted by molar-refractivity contribution is -0.00347. The fourth-order valence-corrected chi connectivity index (χ4v) is 6.38. The summed E-state index contributed by atoms with van der Waals surface area (Å²) in [6, 6.07) is 8.38. The molecule has 6 nitrogen and oxygen atoms in total. The van der Waals surface area contributed by atoms with Crippen LogP contribution in [0, 0.1) is 12.8 Å². The molecule has 0 spiro atoms. The fraction of sp³-hybridized carbons (Fsp3) is 0.607. The van der Waals surface area contributed by atoms with Crippen LogP contribution in [0.1, 0.15) is 81.4 Å². The van der Waals surface area contributed by atoms with Crippen molar-refractivity contribution in [1.29, 1.82) is 0 Å². The van der Waals surface area contributed by atoms with Crippen LogP contribution in [0.25, 0.3) is 11.3 Å². The smallest absolute Gasteiger partial charge is 0.253 e. The van der Waals surface area contributed by atoms with Gasteiger partial charge in [0.1, 0.15) is 11.0 Å². The summed E-state index contributed by atoms with van der Waals surface area (Å²) in [5.74, 6) is 0.604. The Morgan fingerprint density at radius 2 is 1.86 bits per heavy atom. The number of hydrogen-bond acceptors (Lipinski definition) is 3. The van der Waals surface area contributed by atoms with E-state index in [1.54, 1.807) is 0 Å². The molecule has 1 atom stereocenters. The summed E-state index contributed by atoms with van der Waals surface area (Å²) >= 11 is 0. The van der Waals surface area contributed by atoms with E-state index >= 15 is 0 Å². The van der Waals surface area contributed by atoms with Gasteiger partial charge in [0.2, 0.25) is 0 Å². The van der Waals surface area contributed by atoms with Crippen molar-refractivity contribution in [2.24, 2.45) is 5.92 Å². The topological polar surface area (TPSA) is 72.4 Å². The second-order valence-electron chi connectivity index (χ2n) is 11.1. The predicted molar refractivity (Wildman–Crippen MR) is 142 cm³/mol. The molecule has 4 rings (SSSR count). The minimum atomic E-state index is -1.26. The van der Waals surface area contributed by atoms with Crippen LogP contribution in [0.4, 0.5) is 0 Å². The summed E-state index contributed by atoms with van der Waals surface area (Å²) in [5, 5.41) is 3.12. The molecule has 1 aliphatic heterocycles. The highest BCUT2D eigenvalue weighted by Crippen LogP contribution is 2.35. The number of carbonyl (C=O) groups excluding carboxylic acids is 1. The van der Waals surface area contributed by atoms with Gasteiger partial charge < -0.3 is 14.6 Å². The molecule has 2 aliphatic rings. The minimum absolute atomic E-state index is 0.0274. The number of benzene rings is 1. The molecule has 2 fully saturated rings. The quantitative estimate of drug-likeness (QED) is 0.531. The number of hydrogen-bond donors (Lipinski definition) is 2. The summed E-state index contributed by atoms with van der Waals surface area (Å²) in [6.45, 7) is 13.2. The van der Waals surface area contributed by atoms with Gasteiger partial charge in [0.25, 0.3) is 5.91 Å². The molecule has 1 amide bonds. The summed E-state index contributed by atoms with van der Waals surface area (Å²) in [5.41, 5.74) is 4.78. The van der Waals surface area contributed by atoms with Gasteiger partial charge in [-0.1, -0.05) is 53.0 Å². The second-order valence-corrected chi connectivity index (χ2v) is 12.3. The van der Waals surface area contributed by atoms with Crippen molar-refractivity contribution in [3.05, 3.63) is 41.1 Å². The third kappa shape index (κ3) is 5.89. The van der Waals surface area contributed by atoms with E-state index in [0.29, 0.717) is 25.7 Å². The zero-order valence-electron chi connectivity index (χ0n) is 21.9. The zero-order chi connectivity index (χ0) is 25.2. The number of amides is 1. The average molecular weight is 500 g/mol. The Kier molecular flexibility index (Phi) is 8.19. The molecule has 1 saturated heterocycles. The van der Waals surface area contributed by atoms with Crippen LogP contribution in [0.5, 0.6) is 0 Å². The lowest BCUT2D eigenvalue weighted by Gasteiger charge is -2.27. The Morgan fingerprint density at radius 3 is 2.46 bits per heavy atom. The first-order chi connectivity index (χ1) is 16.7. The minimum Gasteiger partial charge on any atom is -0.377 e. The van der Waals surface area contributed by atoms with Crippen molar-refractivity contribution in [3.63, 3.8) is 0 Å². The second kappa shape index (κ2) is 11.0. The predicted octanol–water partition coefficient (Wildman–Crippen LogP) is 5.10. The molecule has 1 aromatic heterocycles. The van der Waals surface area contributed by atoms with E-state index in [1.807, 2.05) is 13.0 Å². The maximum atomic E-state index is 13.2. The van der Waals surface area contributed by atoms with Gasteiger partial charge in [-0.05, 0) is 60.4 Å². The zero-order valence-corrected chi connectivity index (χ0v) is 22.7. The normalized spacial score (nSPS) is 18.3. The van der Waals surface area contributed by atoms with Crippen molar-refractivity contribution in [2.75, 3.05) is 19.8 Å². The van der Waals surface area contributed by atoms with Gasteiger partial charge in [0.15, 0.2) is 0 Å². The molecule has 1 saturated carbocycles. The number of aromatic nitrogens is 1. The van der Waals surface area contributed by atoms with Gasteiger partial charge in [0.05, 0.1) is 29.7 Å². The van der Waals surface area contributed by atoms with Crippen LogP contribution in [0.2, 0.25) is 0 Å². The maximum absolute atomic E-state index is 13.2. The molecule has 1 aliphatic carbocycles. The molecule has 2 N–H and O–H groups in total. The highest BCUT2D eigenvalue weighted by Gasteiger charge is 2.27. The molecule has 35 heavy (non-hydrogen) atoms. The van der Waals surface area contributed by atoms with Crippen molar-refractivity contribution >= 4 is 16.9 Å². The Hall–Kier alpha value is -1.96. The first-order valence-corrected chi connectivity index (χ1v) is 14.2. The number of carbonyl (C=O) groups is 1. The molecular formula is C28H41N3O3S. The Balaban J connectivity index is 1.77. The number of ether oxygens (including phenoxy) is 1. The Labute approximate surface area is 212 Å². The van der Waals surface area contributed by atoms with Crippen molar-refractivity contribution in [3.8, 4) is 11.3 Å². The third-order valence-corrected chi connectivity index (χ3v) is 8.61. The number of rotatable bonds is 8. The molecule has 0 radical (unpaired) electrons. The van der Waals surface area contributed by atoms with Gasteiger partial charge in [0, 0.05) is 24.5 Å². The van der Waals surface area contributed by atoms with E-state index in [0.717, 1.165) is 39.5 Å². The van der Waals surface area contributed by atoms with Crippen LogP contribution < -0.4 is 10.0 Å². The number of nitrogens with one attached hydrogen (secondary N) is 2. The number of nitrogens with zero attached hydrogens (tertiary/aromatic N) is 1. The molecule has 1 unspecified atom stereocenters. The van der Waals surface area contributed by atoms with Crippen LogP contribution in [0.15, 0.2) is 29.2 Å². The van der Waals surface area contributed by atoms with Crippen LogP contribution in [0.3, 0.4) is 0 Å². The average Bonchev–Trinajstić information content (AvgIpc) is 3.12. The monoisotopic (exact) mass is 499 g/mol. The largest absolute Gasteiger partial charge is 0.377 e. The molecule has 7 heteroatoms. The van der Waals surface area contributed by atoms with Crippen molar-refractivity contribution < 1.29 is 13.7 Å². The maximum Gasteiger partial charge on any atom is 0.253 e. The van der Waals surface area contributed by atoms with E-state index in [2.05, 4.69) is 60.5 Å². The van der Waals surface area contributed by atoms with Gasteiger partial charge in [-0.2, -0.15) is 0 Å². The molecular weight excluding hydrogens is 458 g/mol. The summed E-state index contributed by atoms with van der Waals surface area (Å²) in [6.07, 6.45) is 6.38. The first kappa shape index (κ1) is 26.1. The highest BCUT2D eigenvalue weighted by molar-refractivity contribution is 7.83. The van der Waals surface area contributed by atoms with E-state index in [-0.39, 0.29) is 17.4 Å². The fourth-order valence-electron chi connectivity index (χ4n) is 5.21. The van der Waals surface area contributed by atoms with E-state index in [9.17, 15) is 9.00 Å². The van der Waals surface area contributed by atoms with Crippen LogP contribution >= 0.6 is 0 Å². The van der Waals surface area contributed by atoms with E-state index in [4.69, 9.17) is 4.74 Å². The van der Waals surface area contributed by atoms with Gasteiger partial charge in [-0.15, -0.1) is 0 Å². The first-order valence-electron chi connectivity index (χ1n) is 13.1. The summed E-state index contributed by atoms with van der Waals surface area (Å²) in [4.78, 5) is 14.0.